The molecule has 2 heterocycles. The molecule has 0 aliphatic carbocycles. The Balaban J connectivity index is 1.61. The van der Waals surface area contributed by atoms with Crippen LogP contribution in [0.5, 0.6) is 0 Å². The predicted molar refractivity (Wildman–Crippen MR) is 120 cm³/mol. The van der Waals surface area contributed by atoms with Crippen LogP contribution in [0.2, 0.25) is 0 Å². The van der Waals surface area contributed by atoms with Crippen LogP contribution in [0, 0.1) is 12.8 Å². The molecular weight excluding hydrogens is 412 g/mol. The van der Waals surface area contributed by atoms with Crippen molar-refractivity contribution in [3.63, 3.8) is 0 Å². The van der Waals surface area contributed by atoms with Gasteiger partial charge in [-0.15, -0.1) is 0 Å². The Hall–Kier alpha value is -2.64. The van der Waals surface area contributed by atoms with Crippen LogP contribution in [-0.4, -0.2) is 43.7 Å². The molecule has 7 heteroatoms. The second-order valence-electron chi connectivity index (χ2n) is 8.45. The Kier molecular flexibility index (Phi) is 5.90. The van der Waals surface area contributed by atoms with Crippen molar-refractivity contribution in [2.45, 2.75) is 38.1 Å². The summed E-state index contributed by atoms with van der Waals surface area (Å²) in [5.74, 6) is 0.563. The quantitative estimate of drug-likeness (QED) is 0.588. The molecule has 4 rings (SSSR count). The van der Waals surface area contributed by atoms with Crippen LogP contribution < -0.4 is 0 Å². The van der Waals surface area contributed by atoms with Gasteiger partial charge in [0.05, 0.1) is 4.90 Å². The second-order valence-corrected chi connectivity index (χ2v) is 10.4. The van der Waals surface area contributed by atoms with Gasteiger partial charge in [0.2, 0.25) is 10.0 Å². The summed E-state index contributed by atoms with van der Waals surface area (Å²) in [5.41, 5.74) is 2.20. The summed E-state index contributed by atoms with van der Waals surface area (Å²) in [6.07, 6.45) is 1.75. The van der Waals surface area contributed by atoms with Crippen LogP contribution in [0.25, 0.3) is 11.0 Å². The van der Waals surface area contributed by atoms with Gasteiger partial charge in [0.1, 0.15) is 5.58 Å². The molecule has 0 radical (unpaired) electrons. The number of sulfonamides is 1. The molecule has 164 valence electrons. The molecule has 0 saturated carbocycles. The maximum Gasteiger partial charge on any atom is 0.289 e. The molecule has 1 saturated heterocycles. The number of hydrogen-bond acceptors (Lipinski definition) is 4. The van der Waals surface area contributed by atoms with Gasteiger partial charge >= 0.3 is 0 Å². The van der Waals surface area contributed by atoms with Crippen molar-refractivity contribution in [2.75, 3.05) is 20.1 Å². The molecule has 6 nitrogen and oxygen atoms in total. The Morgan fingerprint density at radius 3 is 2.48 bits per heavy atom. The second kappa shape index (κ2) is 8.48. The molecule has 0 bridgehead atoms. The molecular formula is C24H28N2O4S. The van der Waals surface area contributed by atoms with E-state index in [0.717, 1.165) is 18.4 Å². The molecule has 3 aromatic rings. The lowest BCUT2D eigenvalue weighted by Crippen LogP contribution is -2.37. The fourth-order valence-electron chi connectivity index (χ4n) is 4.04. The van der Waals surface area contributed by atoms with Crippen molar-refractivity contribution in [2.24, 2.45) is 5.92 Å². The average molecular weight is 441 g/mol. The monoisotopic (exact) mass is 440 g/mol. The number of fused-ring (bicyclic) bond motifs is 1. The molecule has 1 aliphatic rings. The number of carbonyl (C=O) groups is 1. The highest BCUT2D eigenvalue weighted by atomic mass is 32.2. The zero-order valence-electron chi connectivity index (χ0n) is 18.2. The lowest BCUT2D eigenvalue weighted by atomic mass is 10.0. The largest absolute Gasteiger partial charge is 0.451 e. The number of rotatable bonds is 5. The smallest absolute Gasteiger partial charge is 0.289 e. The Morgan fingerprint density at radius 1 is 1.13 bits per heavy atom. The van der Waals surface area contributed by atoms with E-state index in [-0.39, 0.29) is 16.6 Å². The van der Waals surface area contributed by atoms with Gasteiger partial charge in [-0.2, -0.15) is 4.31 Å². The van der Waals surface area contributed by atoms with Crippen molar-refractivity contribution >= 4 is 26.9 Å². The van der Waals surface area contributed by atoms with E-state index in [4.69, 9.17) is 4.42 Å². The highest BCUT2D eigenvalue weighted by Crippen LogP contribution is 2.31. The standard InChI is InChI=1S/C24H28N2O4S/c1-17-11-13-26(14-12-17)31(28,29)20-9-10-22-21(15-20)18(2)23(30-22)24(27)25(3)16-19-7-5-4-6-8-19/h4-10,15,17H,11-14,16H2,1-3H3. The summed E-state index contributed by atoms with van der Waals surface area (Å²) in [6, 6.07) is 14.6. The average Bonchev–Trinajstić information content (AvgIpc) is 3.10. The van der Waals surface area contributed by atoms with Crippen LogP contribution >= 0.6 is 0 Å². The van der Waals surface area contributed by atoms with E-state index in [1.54, 1.807) is 41.4 Å². The minimum atomic E-state index is -3.57. The van der Waals surface area contributed by atoms with E-state index in [2.05, 4.69) is 6.92 Å². The molecule has 0 unspecified atom stereocenters. The Labute approximate surface area is 183 Å². The fraction of sp³-hybridized carbons (Fsp3) is 0.375. The van der Waals surface area contributed by atoms with Crippen LogP contribution in [0.15, 0.2) is 57.8 Å². The van der Waals surface area contributed by atoms with Gasteiger partial charge in [-0.05, 0) is 49.4 Å². The summed E-state index contributed by atoms with van der Waals surface area (Å²) in [6.45, 7) is 5.50. The highest BCUT2D eigenvalue weighted by Gasteiger charge is 2.29. The molecule has 2 aromatic carbocycles. The summed E-state index contributed by atoms with van der Waals surface area (Å²) in [5, 5.41) is 0.655. The van der Waals surface area contributed by atoms with Gasteiger partial charge in [-0.25, -0.2) is 8.42 Å². The van der Waals surface area contributed by atoms with E-state index in [0.29, 0.717) is 42.1 Å². The number of furan rings is 1. The Morgan fingerprint density at radius 2 is 1.81 bits per heavy atom. The van der Waals surface area contributed by atoms with Gasteiger partial charge in [0.25, 0.3) is 5.91 Å². The maximum atomic E-state index is 13.1. The molecule has 31 heavy (non-hydrogen) atoms. The Bertz CT molecular complexity index is 1190. The number of aryl methyl sites for hydroxylation is 1. The van der Waals surface area contributed by atoms with Crippen molar-refractivity contribution in [3.8, 4) is 0 Å². The molecule has 1 aromatic heterocycles. The molecule has 0 N–H and O–H groups in total. The SMILES string of the molecule is Cc1c(C(=O)N(C)Cc2ccccc2)oc2ccc(S(=O)(=O)N3CCC(C)CC3)cc12. The third kappa shape index (κ3) is 4.25. The van der Waals surface area contributed by atoms with E-state index in [1.165, 1.54) is 0 Å². The van der Waals surface area contributed by atoms with E-state index in [1.807, 2.05) is 30.3 Å². The van der Waals surface area contributed by atoms with Crippen LogP contribution in [0.4, 0.5) is 0 Å². The normalized spacial score (nSPS) is 16.0. The zero-order valence-corrected chi connectivity index (χ0v) is 19.0. The van der Waals surface area contributed by atoms with E-state index in [9.17, 15) is 13.2 Å². The lowest BCUT2D eigenvalue weighted by Gasteiger charge is -2.29. The van der Waals surface area contributed by atoms with E-state index >= 15 is 0 Å². The van der Waals surface area contributed by atoms with Crippen molar-refractivity contribution in [1.29, 1.82) is 0 Å². The fourth-order valence-corrected chi connectivity index (χ4v) is 5.54. The number of carbonyl (C=O) groups excluding carboxylic acids is 1. The predicted octanol–water partition coefficient (Wildman–Crippen LogP) is 4.43. The third-order valence-electron chi connectivity index (χ3n) is 6.09. The van der Waals surface area contributed by atoms with Gasteiger partial charge in [-0.1, -0.05) is 37.3 Å². The molecule has 0 spiro atoms. The molecule has 1 fully saturated rings. The van der Waals surface area contributed by atoms with Crippen LogP contribution in [-0.2, 0) is 16.6 Å². The third-order valence-corrected chi connectivity index (χ3v) is 7.99. The van der Waals surface area contributed by atoms with Crippen molar-refractivity contribution < 1.29 is 17.6 Å². The number of hydrogen-bond donors (Lipinski definition) is 0. The number of amides is 1. The first-order valence-corrected chi connectivity index (χ1v) is 12.0. The number of benzene rings is 2. The first kappa shape index (κ1) is 21.6. The summed E-state index contributed by atoms with van der Waals surface area (Å²) >= 11 is 0. The molecule has 1 aliphatic heterocycles. The summed E-state index contributed by atoms with van der Waals surface area (Å²) in [4.78, 5) is 14.9. The minimum absolute atomic E-state index is 0.230. The van der Waals surface area contributed by atoms with Crippen LogP contribution in [0.3, 0.4) is 0 Å². The van der Waals surface area contributed by atoms with Gasteiger partial charge in [-0.3, -0.25) is 4.79 Å². The number of nitrogens with zero attached hydrogens (tertiary/aromatic N) is 2. The lowest BCUT2D eigenvalue weighted by molar-refractivity contribution is 0.0755. The summed E-state index contributed by atoms with van der Waals surface area (Å²) in [7, 11) is -1.83. The van der Waals surface area contributed by atoms with Gasteiger partial charge in [0, 0.05) is 37.6 Å². The van der Waals surface area contributed by atoms with Crippen molar-refractivity contribution in [3.05, 3.63) is 65.4 Å². The first-order valence-electron chi connectivity index (χ1n) is 10.6. The minimum Gasteiger partial charge on any atom is -0.451 e. The summed E-state index contributed by atoms with van der Waals surface area (Å²) < 4.78 is 33.6. The number of piperidine rings is 1. The molecule has 0 atom stereocenters. The van der Waals surface area contributed by atoms with E-state index < -0.39 is 10.0 Å². The highest BCUT2D eigenvalue weighted by molar-refractivity contribution is 7.89. The molecule has 1 amide bonds. The van der Waals surface area contributed by atoms with Crippen molar-refractivity contribution in [1.82, 2.24) is 9.21 Å². The van der Waals surface area contributed by atoms with Gasteiger partial charge in [0.15, 0.2) is 5.76 Å². The zero-order chi connectivity index (χ0) is 22.2. The topological polar surface area (TPSA) is 70.8 Å². The van der Waals surface area contributed by atoms with Gasteiger partial charge < -0.3 is 9.32 Å². The maximum absolute atomic E-state index is 13.1. The first-order chi connectivity index (χ1) is 14.8. The van der Waals surface area contributed by atoms with Crippen LogP contribution in [0.1, 0.15) is 41.4 Å².